The van der Waals surface area contributed by atoms with Crippen LogP contribution in [0.3, 0.4) is 0 Å². The number of halogens is 3. The van der Waals surface area contributed by atoms with Gasteiger partial charge < -0.3 is 10.4 Å². The van der Waals surface area contributed by atoms with E-state index in [2.05, 4.69) is 52.8 Å². The molecule has 2 aromatic carbocycles. The van der Waals surface area contributed by atoms with Crippen LogP contribution in [0.4, 0.5) is 13.2 Å². The van der Waals surface area contributed by atoms with Crippen LogP contribution in [0.5, 0.6) is 0 Å². The zero-order valence-electron chi connectivity index (χ0n) is 22.6. The van der Waals surface area contributed by atoms with Gasteiger partial charge in [0.05, 0.1) is 6.10 Å². The van der Waals surface area contributed by atoms with E-state index in [4.69, 9.17) is 0 Å². The molecule has 1 saturated carbocycles. The molecule has 5 rings (SSSR count). The fourth-order valence-corrected chi connectivity index (χ4v) is 6.08. The maximum Gasteiger partial charge on any atom is 0.388 e. The lowest BCUT2D eigenvalue weighted by Crippen LogP contribution is -2.47. The Hall–Kier alpha value is -3.19. The third-order valence-corrected chi connectivity index (χ3v) is 8.25. The number of carbonyl (C=O) groups is 1. The summed E-state index contributed by atoms with van der Waals surface area (Å²) in [6.07, 6.45) is 2.62. The molecule has 3 aromatic rings. The third-order valence-electron chi connectivity index (χ3n) is 8.25. The molecule has 3 atom stereocenters. The second-order valence-electron chi connectivity index (χ2n) is 10.8. The highest BCUT2D eigenvalue weighted by atomic mass is 19.4. The number of fused-ring (bicyclic) bond motifs is 3. The molecule has 2 aliphatic carbocycles. The van der Waals surface area contributed by atoms with Crippen molar-refractivity contribution in [2.75, 3.05) is 0 Å². The fourth-order valence-electron chi connectivity index (χ4n) is 6.08. The molecule has 0 bridgehead atoms. The predicted octanol–water partition coefficient (Wildman–Crippen LogP) is 6.87. The van der Waals surface area contributed by atoms with E-state index >= 15 is 0 Å². The van der Waals surface area contributed by atoms with Gasteiger partial charge in [-0.25, -0.2) is 0 Å². The summed E-state index contributed by atoms with van der Waals surface area (Å²) in [6, 6.07) is 20.9. The largest absolute Gasteiger partial charge is 0.393 e. The van der Waals surface area contributed by atoms with Crippen LogP contribution < -0.4 is 5.32 Å². The second kappa shape index (κ2) is 12.3. The van der Waals surface area contributed by atoms with Crippen molar-refractivity contribution in [3.8, 4) is 0 Å². The molecule has 2 aliphatic rings. The van der Waals surface area contributed by atoms with E-state index in [0.717, 1.165) is 62.3 Å². The van der Waals surface area contributed by atoms with E-state index in [1.165, 1.54) is 16.7 Å². The van der Waals surface area contributed by atoms with Gasteiger partial charge in [0.15, 0.2) is 0 Å². The average molecular weight is 539 g/mol. The molecule has 7 heteroatoms. The van der Waals surface area contributed by atoms with E-state index in [1.54, 1.807) is 6.20 Å². The molecular formula is C32H37F3N2O2. The van der Waals surface area contributed by atoms with Crippen LogP contribution in [0, 0.1) is 12.8 Å². The topological polar surface area (TPSA) is 62.2 Å². The van der Waals surface area contributed by atoms with E-state index in [1.807, 2.05) is 25.1 Å². The van der Waals surface area contributed by atoms with Crippen LogP contribution in [0.2, 0.25) is 0 Å². The number of aliphatic hydroxyl groups excluding tert-OH is 1. The first-order valence-corrected chi connectivity index (χ1v) is 13.7. The molecule has 4 nitrogen and oxygen atoms in total. The first kappa shape index (κ1) is 28.8. The Kier molecular flexibility index (Phi) is 9.11. The number of hydrogen-bond acceptors (Lipinski definition) is 3. The number of alkyl halides is 3. The Balaban J connectivity index is 0.000000531. The fraction of sp³-hybridized carbons (Fsp3) is 0.438. The lowest BCUT2D eigenvalue weighted by Gasteiger charge is -2.50. The van der Waals surface area contributed by atoms with Crippen molar-refractivity contribution in [1.82, 2.24) is 10.3 Å². The maximum atomic E-state index is 12.9. The van der Waals surface area contributed by atoms with Crippen LogP contribution in [-0.4, -0.2) is 28.3 Å². The normalized spacial score (nSPS) is 22.1. The number of hydrogen-bond donors (Lipinski definition) is 2. The zero-order chi connectivity index (χ0) is 28.0. The van der Waals surface area contributed by atoms with Crippen molar-refractivity contribution >= 4 is 5.91 Å². The van der Waals surface area contributed by atoms with Gasteiger partial charge in [-0.05, 0) is 91.8 Å². The number of aryl methyl sites for hydroxylation is 2. The molecule has 2 N–H and O–H groups in total. The zero-order valence-corrected chi connectivity index (χ0v) is 22.6. The van der Waals surface area contributed by atoms with E-state index in [-0.39, 0.29) is 17.4 Å². The van der Waals surface area contributed by atoms with Gasteiger partial charge in [-0.2, -0.15) is 13.2 Å². The minimum Gasteiger partial charge on any atom is -0.393 e. The van der Waals surface area contributed by atoms with Crippen molar-refractivity contribution in [1.29, 1.82) is 0 Å². The minimum atomic E-state index is -3.96. The Bertz CT molecular complexity index is 1260. The third kappa shape index (κ3) is 7.07. The van der Waals surface area contributed by atoms with Gasteiger partial charge in [0.2, 0.25) is 0 Å². The number of amides is 1. The van der Waals surface area contributed by atoms with Crippen molar-refractivity contribution < 1.29 is 23.1 Å². The molecule has 0 spiro atoms. The summed E-state index contributed by atoms with van der Waals surface area (Å²) in [7, 11) is 0. The minimum absolute atomic E-state index is 0.0377. The van der Waals surface area contributed by atoms with Crippen LogP contribution >= 0.6 is 0 Å². The van der Waals surface area contributed by atoms with Gasteiger partial charge in [0.25, 0.3) is 5.91 Å². The summed E-state index contributed by atoms with van der Waals surface area (Å²) >= 11 is 0. The van der Waals surface area contributed by atoms with Gasteiger partial charge in [-0.1, -0.05) is 49.4 Å². The summed E-state index contributed by atoms with van der Waals surface area (Å²) in [5.74, 6) is 0.432. The lowest BCUT2D eigenvalue weighted by atomic mass is 9.54. The molecule has 1 fully saturated rings. The van der Waals surface area contributed by atoms with Crippen molar-refractivity contribution in [2.24, 2.45) is 5.92 Å². The average Bonchev–Trinajstić information content (AvgIpc) is 2.93. The van der Waals surface area contributed by atoms with Crippen molar-refractivity contribution in [2.45, 2.75) is 83.0 Å². The Morgan fingerprint density at radius 2 is 1.85 bits per heavy atom. The van der Waals surface area contributed by atoms with Crippen molar-refractivity contribution in [3.05, 3.63) is 100 Å². The van der Waals surface area contributed by atoms with E-state index in [9.17, 15) is 23.1 Å². The van der Waals surface area contributed by atoms with Gasteiger partial charge in [-0.15, -0.1) is 0 Å². The van der Waals surface area contributed by atoms with E-state index < -0.39 is 12.6 Å². The van der Waals surface area contributed by atoms with Crippen molar-refractivity contribution in [3.63, 3.8) is 0 Å². The van der Waals surface area contributed by atoms with E-state index in [0.29, 0.717) is 12.5 Å². The molecule has 0 saturated heterocycles. The number of nitrogens with one attached hydrogen (secondary N) is 1. The Morgan fingerprint density at radius 3 is 2.54 bits per heavy atom. The SMILES string of the molecule is CCC(F)(F)F.Cc1ncccc1CNC(=O)c1ccc2c(c1)CCC1CC(O)CCC21Cc1ccccc1. The van der Waals surface area contributed by atoms with Gasteiger partial charge in [-0.3, -0.25) is 9.78 Å². The summed E-state index contributed by atoms with van der Waals surface area (Å²) in [4.78, 5) is 17.3. The first-order valence-electron chi connectivity index (χ1n) is 13.7. The summed E-state index contributed by atoms with van der Waals surface area (Å²) in [5.41, 5.74) is 6.76. The second-order valence-corrected chi connectivity index (χ2v) is 10.8. The summed E-state index contributed by atoms with van der Waals surface area (Å²) in [5, 5.41) is 13.5. The monoisotopic (exact) mass is 538 g/mol. The van der Waals surface area contributed by atoms with Crippen LogP contribution in [0.25, 0.3) is 0 Å². The van der Waals surface area contributed by atoms with Gasteiger partial charge in [0, 0.05) is 35.8 Å². The molecule has 0 aliphatic heterocycles. The predicted molar refractivity (Wildman–Crippen MR) is 146 cm³/mol. The summed E-state index contributed by atoms with van der Waals surface area (Å²) < 4.78 is 32.4. The van der Waals surface area contributed by atoms with Crippen LogP contribution in [-0.2, 0) is 24.8 Å². The first-order chi connectivity index (χ1) is 18.6. The highest BCUT2D eigenvalue weighted by Gasteiger charge is 2.47. The summed E-state index contributed by atoms with van der Waals surface area (Å²) in [6.45, 7) is 3.53. The molecule has 39 heavy (non-hydrogen) atoms. The Morgan fingerprint density at radius 1 is 1.10 bits per heavy atom. The van der Waals surface area contributed by atoms with Crippen LogP contribution in [0.1, 0.15) is 77.3 Å². The molecule has 208 valence electrons. The molecule has 3 unspecified atom stereocenters. The standard InChI is InChI=1S/C29H32N2O2.C3H5F3/c1-20-24(8-5-15-30-20)19-31-28(33)23-10-12-27-22(16-23)9-11-25-17-26(32)13-14-29(25,27)18-21-6-3-2-4-7-21;1-2-3(4,5)6/h2-8,10,12,15-16,25-26,32H,9,11,13-14,17-19H2,1H3,(H,31,33);2H2,1H3. The molecule has 1 heterocycles. The number of aromatic nitrogens is 1. The number of pyridine rings is 1. The number of benzene rings is 2. The van der Waals surface area contributed by atoms with Gasteiger partial charge in [0.1, 0.15) is 0 Å². The Labute approximate surface area is 228 Å². The molecule has 1 amide bonds. The molecule has 0 radical (unpaired) electrons. The number of aliphatic hydroxyl groups is 1. The number of nitrogens with zero attached hydrogens (tertiary/aromatic N) is 1. The van der Waals surface area contributed by atoms with Gasteiger partial charge >= 0.3 is 6.18 Å². The number of rotatable bonds is 5. The highest BCUT2D eigenvalue weighted by Crippen LogP contribution is 2.52. The number of carbonyl (C=O) groups excluding carboxylic acids is 1. The maximum absolute atomic E-state index is 12.9. The highest BCUT2D eigenvalue weighted by molar-refractivity contribution is 5.94. The molecular weight excluding hydrogens is 501 g/mol. The van der Waals surface area contributed by atoms with Crippen LogP contribution in [0.15, 0.2) is 66.9 Å². The smallest absolute Gasteiger partial charge is 0.388 e. The lowest BCUT2D eigenvalue weighted by molar-refractivity contribution is -0.130. The molecule has 1 aromatic heterocycles. The quantitative estimate of drug-likeness (QED) is 0.373.